The number of hydrogen-bond acceptors (Lipinski definition) is 5. The van der Waals surface area contributed by atoms with Crippen molar-refractivity contribution in [2.45, 2.75) is 5.75 Å². The van der Waals surface area contributed by atoms with Crippen LogP contribution >= 0.6 is 23.2 Å². The fourth-order valence-electron chi connectivity index (χ4n) is 3.29. The molecule has 0 bridgehead atoms. The second-order valence-corrected chi connectivity index (χ2v) is 11.7. The molecule has 1 aromatic rings. The van der Waals surface area contributed by atoms with Crippen LogP contribution in [0, 0.1) is 0 Å². The van der Waals surface area contributed by atoms with Crippen molar-refractivity contribution in [3.63, 3.8) is 0 Å². The molecule has 3 rings (SSSR count). The Morgan fingerprint density at radius 3 is 1.82 bits per heavy atom. The van der Waals surface area contributed by atoms with Gasteiger partial charge < -0.3 is 4.90 Å². The van der Waals surface area contributed by atoms with E-state index in [0.29, 0.717) is 41.8 Å². The molecule has 0 atom stereocenters. The molecule has 2 heterocycles. The molecule has 2 aliphatic rings. The fourth-order valence-corrected chi connectivity index (χ4v) is 6.69. The molecule has 0 aromatic heterocycles. The summed E-state index contributed by atoms with van der Waals surface area (Å²) in [6.45, 7) is 2.86. The Labute approximate surface area is 176 Å². The Balaban J connectivity index is 1.61. The summed E-state index contributed by atoms with van der Waals surface area (Å²) in [5.74, 6) is -0.199. The zero-order valence-corrected chi connectivity index (χ0v) is 18.7. The summed E-state index contributed by atoms with van der Waals surface area (Å²) in [6, 6.07) is 4.73. The Morgan fingerprint density at radius 1 is 0.786 bits per heavy atom. The molecule has 0 aliphatic carbocycles. The first-order valence-electron chi connectivity index (χ1n) is 8.95. The highest BCUT2D eigenvalue weighted by Gasteiger charge is 2.36. The lowest BCUT2D eigenvalue weighted by atomic mass is 10.2. The number of halogens is 2. The van der Waals surface area contributed by atoms with Crippen molar-refractivity contribution >= 4 is 43.4 Å². The van der Waals surface area contributed by atoms with Gasteiger partial charge in [0.1, 0.15) is 0 Å². The second kappa shape index (κ2) is 8.73. The molecule has 0 radical (unpaired) electrons. The molecule has 8 nitrogen and oxygen atoms in total. The minimum absolute atomic E-state index is 0.136. The summed E-state index contributed by atoms with van der Waals surface area (Å²) in [5, 5.41) is 0.669. The first kappa shape index (κ1) is 22.2. The number of piperazine rings is 2. The SMILES string of the molecule is CN1CCN(S(=O)(=O)N2CCN(S(=O)(=O)Cc3ccc(Cl)c(Cl)c3)CC2)CC1. The predicted molar refractivity (Wildman–Crippen MR) is 110 cm³/mol. The van der Waals surface area contributed by atoms with Gasteiger partial charge in [-0.1, -0.05) is 29.3 Å². The van der Waals surface area contributed by atoms with Crippen LogP contribution in [-0.2, 0) is 26.0 Å². The number of nitrogens with zero attached hydrogens (tertiary/aromatic N) is 4. The maximum Gasteiger partial charge on any atom is 0.282 e. The molecule has 2 saturated heterocycles. The number of sulfonamides is 1. The Hall–Kier alpha value is -0.460. The molecular formula is C16H24Cl2N4O4S2. The topological polar surface area (TPSA) is 81.2 Å². The van der Waals surface area contributed by atoms with E-state index in [9.17, 15) is 16.8 Å². The maximum atomic E-state index is 12.8. The van der Waals surface area contributed by atoms with Crippen molar-refractivity contribution < 1.29 is 16.8 Å². The lowest BCUT2D eigenvalue weighted by Gasteiger charge is -2.38. The van der Waals surface area contributed by atoms with Gasteiger partial charge in [0.2, 0.25) is 10.0 Å². The molecule has 28 heavy (non-hydrogen) atoms. The highest BCUT2D eigenvalue weighted by molar-refractivity contribution is 7.88. The van der Waals surface area contributed by atoms with E-state index in [2.05, 4.69) is 4.90 Å². The van der Waals surface area contributed by atoms with Crippen molar-refractivity contribution in [1.82, 2.24) is 17.8 Å². The molecule has 12 heteroatoms. The van der Waals surface area contributed by atoms with Gasteiger partial charge in [-0.2, -0.15) is 21.3 Å². The van der Waals surface area contributed by atoms with Crippen LogP contribution in [0.15, 0.2) is 18.2 Å². The highest BCUT2D eigenvalue weighted by Crippen LogP contribution is 2.24. The second-order valence-electron chi connectivity index (χ2n) is 7.01. The molecular weight excluding hydrogens is 447 g/mol. The molecule has 1 aromatic carbocycles. The van der Waals surface area contributed by atoms with Crippen molar-refractivity contribution in [2.24, 2.45) is 0 Å². The first-order valence-corrected chi connectivity index (χ1v) is 12.7. The van der Waals surface area contributed by atoms with Crippen molar-refractivity contribution in [2.75, 3.05) is 59.4 Å². The summed E-state index contributed by atoms with van der Waals surface area (Å²) in [5.41, 5.74) is 0.543. The van der Waals surface area contributed by atoms with Gasteiger partial charge in [0, 0.05) is 52.4 Å². The third-order valence-electron chi connectivity index (χ3n) is 5.04. The minimum atomic E-state index is -3.58. The molecule has 158 valence electrons. The van der Waals surface area contributed by atoms with Crippen LogP contribution in [0.3, 0.4) is 0 Å². The van der Waals surface area contributed by atoms with E-state index in [4.69, 9.17) is 23.2 Å². The zero-order valence-electron chi connectivity index (χ0n) is 15.6. The van der Waals surface area contributed by atoms with Gasteiger partial charge >= 0.3 is 0 Å². The maximum absolute atomic E-state index is 12.8. The van der Waals surface area contributed by atoms with Gasteiger partial charge in [-0.3, -0.25) is 0 Å². The molecule has 0 amide bonds. The van der Waals surface area contributed by atoms with Crippen LogP contribution in [0.5, 0.6) is 0 Å². The summed E-state index contributed by atoms with van der Waals surface area (Å²) in [7, 11) is -5.18. The number of hydrogen-bond donors (Lipinski definition) is 0. The van der Waals surface area contributed by atoms with Gasteiger partial charge in [-0.05, 0) is 24.7 Å². The molecule has 0 N–H and O–H groups in total. The number of benzene rings is 1. The third kappa shape index (κ3) is 4.99. The largest absolute Gasteiger partial charge is 0.304 e. The molecule has 0 saturated carbocycles. The fraction of sp³-hybridized carbons (Fsp3) is 0.625. The smallest absolute Gasteiger partial charge is 0.282 e. The Bertz CT molecular complexity index is 911. The van der Waals surface area contributed by atoms with Crippen molar-refractivity contribution in [1.29, 1.82) is 0 Å². The van der Waals surface area contributed by atoms with E-state index >= 15 is 0 Å². The quantitative estimate of drug-likeness (QED) is 0.639. The van der Waals surface area contributed by atoms with Gasteiger partial charge in [0.15, 0.2) is 0 Å². The Kier molecular flexibility index (Phi) is 6.93. The van der Waals surface area contributed by atoms with E-state index in [1.54, 1.807) is 12.1 Å². The van der Waals surface area contributed by atoms with Crippen LogP contribution in [0.25, 0.3) is 0 Å². The van der Waals surface area contributed by atoms with Gasteiger partial charge in [-0.15, -0.1) is 0 Å². The standard InChI is InChI=1S/C16H24Cl2N4O4S2/c1-19-4-6-21(7-5-19)28(25,26)22-10-8-20(9-11-22)27(23,24)13-14-2-3-15(17)16(18)12-14/h2-3,12H,4-11,13H2,1H3. The summed E-state index contributed by atoms with van der Waals surface area (Å²) >= 11 is 11.8. The summed E-state index contributed by atoms with van der Waals surface area (Å²) in [6.07, 6.45) is 0. The van der Waals surface area contributed by atoms with Crippen LogP contribution < -0.4 is 0 Å². The lowest BCUT2D eigenvalue weighted by molar-refractivity contribution is 0.201. The van der Waals surface area contributed by atoms with Crippen LogP contribution in [0.4, 0.5) is 0 Å². The zero-order chi connectivity index (χ0) is 20.5. The van der Waals surface area contributed by atoms with Crippen LogP contribution in [0.1, 0.15) is 5.56 Å². The van der Waals surface area contributed by atoms with E-state index in [1.807, 2.05) is 7.05 Å². The molecule has 2 fully saturated rings. The number of likely N-dealkylation sites (N-methyl/N-ethyl adjacent to an activating group) is 1. The summed E-state index contributed by atoms with van der Waals surface area (Å²) in [4.78, 5) is 2.08. The summed E-state index contributed by atoms with van der Waals surface area (Å²) < 4.78 is 55.2. The van der Waals surface area contributed by atoms with Crippen molar-refractivity contribution in [3.05, 3.63) is 33.8 Å². The van der Waals surface area contributed by atoms with Crippen LogP contribution in [-0.4, -0.2) is 94.1 Å². The average molecular weight is 471 g/mol. The first-order chi connectivity index (χ1) is 13.1. The van der Waals surface area contributed by atoms with Crippen LogP contribution in [0.2, 0.25) is 10.0 Å². The van der Waals surface area contributed by atoms with Gasteiger partial charge in [0.25, 0.3) is 10.2 Å². The van der Waals surface area contributed by atoms with E-state index in [1.165, 1.54) is 19.0 Å². The third-order valence-corrected chi connectivity index (χ3v) is 9.66. The monoisotopic (exact) mass is 470 g/mol. The van der Waals surface area contributed by atoms with Gasteiger partial charge in [0.05, 0.1) is 15.8 Å². The molecule has 2 aliphatic heterocycles. The van der Waals surface area contributed by atoms with Gasteiger partial charge in [-0.25, -0.2) is 8.42 Å². The molecule has 0 unspecified atom stereocenters. The normalized spacial score (nSPS) is 21.8. The molecule has 0 spiro atoms. The highest BCUT2D eigenvalue weighted by atomic mass is 35.5. The van der Waals surface area contributed by atoms with Crippen molar-refractivity contribution in [3.8, 4) is 0 Å². The van der Waals surface area contributed by atoms with E-state index < -0.39 is 20.2 Å². The van der Waals surface area contributed by atoms with E-state index in [0.717, 1.165) is 0 Å². The number of rotatable bonds is 5. The lowest BCUT2D eigenvalue weighted by Crippen LogP contribution is -2.57. The van der Waals surface area contributed by atoms with E-state index in [-0.39, 0.29) is 31.9 Å². The Morgan fingerprint density at radius 2 is 1.29 bits per heavy atom. The average Bonchev–Trinajstić information content (AvgIpc) is 2.65. The predicted octanol–water partition coefficient (Wildman–Crippen LogP) is 0.933. The minimum Gasteiger partial charge on any atom is -0.304 e.